The third-order valence-electron chi connectivity index (χ3n) is 5.18. The Bertz CT molecular complexity index is 641. The van der Waals surface area contributed by atoms with Crippen LogP contribution in [-0.2, 0) is 11.2 Å². The maximum absolute atomic E-state index is 12.8. The van der Waals surface area contributed by atoms with E-state index >= 15 is 0 Å². The Kier molecular flexibility index (Phi) is 6.75. The molecule has 0 saturated carbocycles. The second-order valence-electron chi connectivity index (χ2n) is 6.98. The van der Waals surface area contributed by atoms with Crippen LogP contribution >= 0.6 is 11.6 Å². The maximum atomic E-state index is 12.8. The summed E-state index contributed by atoms with van der Waals surface area (Å²) in [5, 5.41) is 3.70. The number of nitrogens with zero attached hydrogens (tertiary/aromatic N) is 1. The number of ether oxygens (including phenoxy) is 2. The number of fused-ring (bicyclic) bond motifs is 1. The highest BCUT2D eigenvalue weighted by Crippen LogP contribution is 2.33. The standard InChI is InChI=1S/C19H28ClN3O3/c1-25-17-12-23(7-3-2-6-21)8-4-16(17)22-19(24)15-11-14(20)10-13-5-9-26-18(13)15/h10-11,16-17H,2-9,12,21H2,1H3,(H,22,24). The van der Waals surface area contributed by atoms with Crippen molar-refractivity contribution in [3.63, 3.8) is 0 Å². The second kappa shape index (κ2) is 9.04. The van der Waals surface area contributed by atoms with E-state index in [1.54, 1.807) is 13.2 Å². The van der Waals surface area contributed by atoms with Crippen LogP contribution in [0.4, 0.5) is 0 Å². The maximum Gasteiger partial charge on any atom is 0.255 e. The Morgan fingerprint density at radius 1 is 1.46 bits per heavy atom. The molecule has 1 saturated heterocycles. The first kappa shape index (κ1) is 19.4. The number of halogens is 1. The molecule has 0 aliphatic carbocycles. The lowest BCUT2D eigenvalue weighted by atomic mass is 10.00. The number of hydrogen-bond acceptors (Lipinski definition) is 5. The molecule has 1 aromatic rings. The number of hydrogen-bond donors (Lipinski definition) is 2. The van der Waals surface area contributed by atoms with Crippen LogP contribution in [0.5, 0.6) is 5.75 Å². The quantitative estimate of drug-likeness (QED) is 0.705. The van der Waals surface area contributed by atoms with Crippen molar-refractivity contribution < 1.29 is 14.3 Å². The molecule has 6 nitrogen and oxygen atoms in total. The van der Waals surface area contributed by atoms with E-state index in [1.807, 2.05) is 6.07 Å². The number of benzene rings is 1. The van der Waals surface area contributed by atoms with Crippen molar-refractivity contribution in [1.82, 2.24) is 10.2 Å². The molecule has 2 unspecified atom stereocenters. The number of piperidine rings is 1. The monoisotopic (exact) mass is 381 g/mol. The van der Waals surface area contributed by atoms with Crippen molar-refractivity contribution in [2.45, 2.75) is 37.8 Å². The van der Waals surface area contributed by atoms with Crippen LogP contribution in [0.15, 0.2) is 12.1 Å². The molecule has 0 bridgehead atoms. The molecule has 3 rings (SSSR count). The van der Waals surface area contributed by atoms with E-state index in [2.05, 4.69) is 10.2 Å². The fraction of sp³-hybridized carbons (Fsp3) is 0.632. The first-order valence-corrected chi connectivity index (χ1v) is 9.71. The van der Waals surface area contributed by atoms with Gasteiger partial charge in [-0.1, -0.05) is 11.6 Å². The summed E-state index contributed by atoms with van der Waals surface area (Å²) < 4.78 is 11.3. The highest BCUT2D eigenvalue weighted by molar-refractivity contribution is 6.31. The van der Waals surface area contributed by atoms with Crippen LogP contribution in [0.25, 0.3) is 0 Å². The number of likely N-dealkylation sites (tertiary alicyclic amines) is 1. The molecule has 1 aromatic carbocycles. The Balaban J connectivity index is 1.63. The molecule has 26 heavy (non-hydrogen) atoms. The van der Waals surface area contributed by atoms with E-state index in [0.717, 1.165) is 57.4 Å². The summed E-state index contributed by atoms with van der Waals surface area (Å²) in [5.74, 6) is 0.523. The predicted octanol–water partition coefficient (Wildman–Crippen LogP) is 1.83. The van der Waals surface area contributed by atoms with Crippen LogP contribution < -0.4 is 15.8 Å². The van der Waals surface area contributed by atoms with Gasteiger partial charge in [0, 0.05) is 31.6 Å². The van der Waals surface area contributed by atoms with Crippen molar-refractivity contribution in [3.05, 3.63) is 28.3 Å². The minimum atomic E-state index is -0.144. The molecule has 2 aliphatic rings. The van der Waals surface area contributed by atoms with E-state index in [9.17, 15) is 4.79 Å². The van der Waals surface area contributed by atoms with Crippen LogP contribution in [0.3, 0.4) is 0 Å². The van der Waals surface area contributed by atoms with Crippen LogP contribution in [-0.4, -0.2) is 62.8 Å². The summed E-state index contributed by atoms with van der Waals surface area (Å²) in [7, 11) is 1.70. The number of carbonyl (C=O) groups is 1. The molecule has 1 amide bonds. The number of rotatable bonds is 7. The molecule has 0 spiro atoms. The summed E-state index contributed by atoms with van der Waals surface area (Å²) in [6.45, 7) is 4.10. The van der Waals surface area contributed by atoms with Crippen molar-refractivity contribution in [2.24, 2.45) is 5.73 Å². The van der Waals surface area contributed by atoms with Crippen LogP contribution in [0.1, 0.15) is 35.2 Å². The van der Waals surface area contributed by atoms with Gasteiger partial charge in [0.15, 0.2) is 0 Å². The smallest absolute Gasteiger partial charge is 0.255 e. The molecular formula is C19H28ClN3O3. The fourth-order valence-electron chi connectivity index (χ4n) is 3.75. The van der Waals surface area contributed by atoms with E-state index in [4.69, 9.17) is 26.8 Å². The summed E-state index contributed by atoms with van der Waals surface area (Å²) >= 11 is 6.18. The van der Waals surface area contributed by atoms with E-state index in [-0.39, 0.29) is 18.1 Å². The highest BCUT2D eigenvalue weighted by Gasteiger charge is 2.31. The molecule has 2 heterocycles. The topological polar surface area (TPSA) is 76.8 Å². The Morgan fingerprint density at radius 2 is 2.31 bits per heavy atom. The Morgan fingerprint density at radius 3 is 3.08 bits per heavy atom. The van der Waals surface area contributed by atoms with Gasteiger partial charge in [0.05, 0.1) is 24.3 Å². The lowest BCUT2D eigenvalue weighted by Crippen LogP contribution is -2.54. The Labute approximate surface area is 160 Å². The zero-order valence-corrected chi connectivity index (χ0v) is 16.1. The molecule has 2 aliphatic heterocycles. The number of methoxy groups -OCH3 is 1. The van der Waals surface area contributed by atoms with Gasteiger partial charge in [-0.3, -0.25) is 4.79 Å². The number of amides is 1. The molecule has 1 fully saturated rings. The van der Waals surface area contributed by atoms with Gasteiger partial charge in [-0.25, -0.2) is 0 Å². The molecule has 7 heteroatoms. The Hall–Kier alpha value is -1.34. The van der Waals surface area contributed by atoms with Gasteiger partial charge in [0.2, 0.25) is 0 Å². The third kappa shape index (κ3) is 4.49. The number of unbranched alkanes of at least 4 members (excludes halogenated alkanes) is 1. The first-order chi connectivity index (χ1) is 12.6. The molecule has 0 radical (unpaired) electrons. The normalized spacial score (nSPS) is 22.7. The van der Waals surface area contributed by atoms with Gasteiger partial charge in [0.25, 0.3) is 5.91 Å². The third-order valence-corrected chi connectivity index (χ3v) is 5.40. The number of nitrogens with one attached hydrogen (secondary N) is 1. The summed E-state index contributed by atoms with van der Waals surface area (Å²) in [6.07, 6.45) is 3.75. The zero-order valence-electron chi connectivity index (χ0n) is 15.3. The van der Waals surface area contributed by atoms with Crippen molar-refractivity contribution in [2.75, 3.05) is 39.9 Å². The molecule has 3 N–H and O–H groups in total. The lowest BCUT2D eigenvalue weighted by Gasteiger charge is -2.38. The zero-order chi connectivity index (χ0) is 18.5. The molecule has 144 valence electrons. The van der Waals surface area contributed by atoms with Gasteiger partial charge in [-0.15, -0.1) is 0 Å². The molecule has 0 aromatic heterocycles. The molecular weight excluding hydrogens is 354 g/mol. The average Bonchev–Trinajstić information content (AvgIpc) is 3.10. The van der Waals surface area contributed by atoms with E-state index in [0.29, 0.717) is 22.9 Å². The lowest BCUT2D eigenvalue weighted by molar-refractivity contribution is 0.00605. The van der Waals surface area contributed by atoms with Crippen molar-refractivity contribution >= 4 is 17.5 Å². The largest absolute Gasteiger partial charge is 0.492 e. The summed E-state index contributed by atoms with van der Waals surface area (Å²) in [5.41, 5.74) is 7.09. The number of carbonyl (C=O) groups excluding carboxylic acids is 1. The first-order valence-electron chi connectivity index (χ1n) is 9.33. The summed E-state index contributed by atoms with van der Waals surface area (Å²) in [6, 6.07) is 3.54. The van der Waals surface area contributed by atoms with E-state index in [1.165, 1.54) is 0 Å². The minimum Gasteiger partial charge on any atom is -0.492 e. The van der Waals surface area contributed by atoms with Gasteiger partial charge in [0.1, 0.15) is 5.75 Å². The SMILES string of the molecule is COC1CN(CCCCN)CCC1NC(=O)c1cc(Cl)cc2c1OCC2. The van der Waals surface area contributed by atoms with Gasteiger partial charge >= 0.3 is 0 Å². The fourth-order valence-corrected chi connectivity index (χ4v) is 3.99. The van der Waals surface area contributed by atoms with Gasteiger partial charge in [-0.2, -0.15) is 0 Å². The van der Waals surface area contributed by atoms with Gasteiger partial charge in [-0.05, 0) is 50.0 Å². The van der Waals surface area contributed by atoms with Crippen LogP contribution in [0, 0.1) is 0 Å². The van der Waals surface area contributed by atoms with Crippen molar-refractivity contribution in [1.29, 1.82) is 0 Å². The van der Waals surface area contributed by atoms with E-state index < -0.39 is 0 Å². The second-order valence-corrected chi connectivity index (χ2v) is 7.42. The van der Waals surface area contributed by atoms with Crippen molar-refractivity contribution in [3.8, 4) is 5.75 Å². The van der Waals surface area contributed by atoms with Gasteiger partial charge < -0.3 is 25.4 Å². The minimum absolute atomic E-state index is 0.0192. The average molecular weight is 382 g/mol. The summed E-state index contributed by atoms with van der Waals surface area (Å²) in [4.78, 5) is 15.2. The highest BCUT2D eigenvalue weighted by atomic mass is 35.5. The molecule has 2 atom stereocenters. The predicted molar refractivity (Wildman–Crippen MR) is 102 cm³/mol. The van der Waals surface area contributed by atoms with Crippen LogP contribution in [0.2, 0.25) is 5.02 Å². The number of nitrogens with two attached hydrogens (primary N) is 1.